The Morgan fingerprint density at radius 1 is 1.15 bits per heavy atom. The molecule has 1 aliphatic carbocycles. The van der Waals surface area contributed by atoms with Gasteiger partial charge in [0.25, 0.3) is 5.91 Å². The summed E-state index contributed by atoms with van der Waals surface area (Å²) in [5, 5.41) is 2.02. The van der Waals surface area contributed by atoms with Crippen LogP contribution in [0.2, 0.25) is 0 Å². The molecule has 20 heavy (non-hydrogen) atoms. The van der Waals surface area contributed by atoms with E-state index in [0.29, 0.717) is 11.3 Å². The highest BCUT2D eigenvalue weighted by Gasteiger charge is 2.18. The molecule has 0 bridgehead atoms. The van der Waals surface area contributed by atoms with Crippen molar-refractivity contribution in [2.45, 2.75) is 31.8 Å². The van der Waals surface area contributed by atoms with E-state index in [0.717, 1.165) is 23.6 Å². The molecule has 104 valence electrons. The maximum absolute atomic E-state index is 12.1. The molecule has 1 saturated carbocycles. The first-order valence-electron chi connectivity index (χ1n) is 6.98. The van der Waals surface area contributed by atoms with Gasteiger partial charge in [0.2, 0.25) is 0 Å². The molecule has 2 aromatic rings. The summed E-state index contributed by atoms with van der Waals surface area (Å²) < 4.78 is 0. The molecule has 3 N–H and O–H groups in total. The van der Waals surface area contributed by atoms with E-state index >= 15 is 0 Å². The van der Waals surface area contributed by atoms with Crippen LogP contribution in [0.3, 0.4) is 0 Å². The molecule has 1 aliphatic rings. The molecule has 1 fully saturated rings. The minimum atomic E-state index is -0.278. The van der Waals surface area contributed by atoms with Crippen LogP contribution in [0.1, 0.15) is 36.0 Å². The smallest absolute Gasteiger partial charge is 0.276 e. The van der Waals surface area contributed by atoms with Crippen LogP contribution >= 0.6 is 0 Å². The van der Waals surface area contributed by atoms with E-state index in [4.69, 9.17) is 10.6 Å². The molecule has 0 aromatic heterocycles. The number of anilines is 1. The molecule has 0 atom stereocenters. The number of amides is 1. The van der Waals surface area contributed by atoms with E-state index in [2.05, 4.69) is 5.48 Å². The van der Waals surface area contributed by atoms with Crippen molar-refractivity contribution in [2.24, 2.45) is 0 Å². The SMILES string of the molecule is Nc1cc2ccccc2cc1C(=O)NOC1CCCC1. The Hall–Kier alpha value is -2.07. The van der Waals surface area contributed by atoms with Crippen molar-refractivity contribution in [3.63, 3.8) is 0 Å². The van der Waals surface area contributed by atoms with E-state index in [1.807, 2.05) is 30.3 Å². The molecule has 1 amide bonds. The highest BCUT2D eigenvalue weighted by Crippen LogP contribution is 2.23. The predicted octanol–water partition coefficient (Wildman–Crippen LogP) is 3.03. The summed E-state index contributed by atoms with van der Waals surface area (Å²) in [7, 11) is 0. The molecule has 0 radical (unpaired) electrons. The molecule has 3 rings (SSSR count). The number of fused-ring (bicyclic) bond motifs is 1. The second kappa shape index (κ2) is 5.51. The van der Waals surface area contributed by atoms with E-state index in [1.54, 1.807) is 6.07 Å². The standard InChI is InChI=1S/C16H18N2O2/c17-15-10-12-6-2-1-5-11(12)9-14(15)16(19)18-20-13-7-3-4-8-13/h1-2,5-6,9-10,13H,3-4,7-8,17H2,(H,18,19). The third-order valence-corrected chi connectivity index (χ3v) is 3.78. The summed E-state index contributed by atoms with van der Waals surface area (Å²) in [5.41, 5.74) is 9.41. The maximum Gasteiger partial charge on any atom is 0.276 e. The summed E-state index contributed by atoms with van der Waals surface area (Å²) in [5.74, 6) is -0.278. The highest BCUT2D eigenvalue weighted by atomic mass is 16.7. The molecule has 0 aliphatic heterocycles. The van der Waals surface area contributed by atoms with Gasteiger partial charge in [0.15, 0.2) is 0 Å². The first-order valence-corrected chi connectivity index (χ1v) is 6.98. The number of carbonyl (C=O) groups excluding carboxylic acids is 1. The number of hydrogen-bond acceptors (Lipinski definition) is 3. The normalized spacial score (nSPS) is 15.6. The van der Waals surface area contributed by atoms with E-state index in [1.165, 1.54) is 12.8 Å². The molecule has 0 heterocycles. The van der Waals surface area contributed by atoms with Crippen LogP contribution < -0.4 is 11.2 Å². The monoisotopic (exact) mass is 270 g/mol. The van der Waals surface area contributed by atoms with Gasteiger partial charge in [0.1, 0.15) is 0 Å². The Bertz CT molecular complexity index is 633. The van der Waals surface area contributed by atoms with Gasteiger partial charge in [-0.1, -0.05) is 37.1 Å². The van der Waals surface area contributed by atoms with Crippen molar-refractivity contribution < 1.29 is 9.63 Å². The fraction of sp³-hybridized carbons (Fsp3) is 0.312. The van der Waals surface area contributed by atoms with Crippen LogP contribution in [-0.2, 0) is 4.84 Å². The van der Waals surface area contributed by atoms with Gasteiger partial charge >= 0.3 is 0 Å². The third-order valence-electron chi connectivity index (χ3n) is 3.78. The zero-order valence-corrected chi connectivity index (χ0v) is 11.3. The van der Waals surface area contributed by atoms with Crippen LogP contribution in [0.25, 0.3) is 10.8 Å². The lowest BCUT2D eigenvalue weighted by molar-refractivity contribution is -0.0124. The van der Waals surface area contributed by atoms with Crippen molar-refractivity contribution in [3.8, 4) is 0 Å². The summed E-state index contributed by atoms with van der Waals surface area (Å²) >= 11 is 0. The molecule has 4 nitrogen and oxygen atoms in total. The Morgan fingerprint density at radius 3 is 2.50 bits per heavy atom. The van der Waals surface area contributed by atoms with Gasteiger partial charge < -0.3 is 5.73 Å². The number of hydroxylamine groups is 1. The maximum atomic E-state index is 12.1. The van der Waals surface area contributed by atoms with Crippen LogP contribution in [0.15, 0.2) is 36.4 Å². The van der Waals surface area contributed by atoms with Crippen LogP contribution in [-0.4, -0.2) is 12.0 Å². The highest BCUT2D eigenvalue weighted by molar-refractivity contribution is 6.03. The summed E-state index contributed by atoms with van der Waals surface area (Å²) in [6.07, 6.45) is 4.48. The van der Waals surface area contributed by atoms with Crippen molar-refractivity contribution >= 4 is 22.4 Å². The number of nitrogen functional groups attached to an aromatic ring is 1. The number of benzene rings is 2. The van der Waals surface area contributed by atoms with Gasteiger partial charge in [0, 0.05) is 5.69 Å². The first kappa shape index (κ1) is 12.9. The van der Waals surface area contributed by atoms with Gasteiger partial charge in [-0.3, -0.25) is 9.63 Å². The van der Waals surface area contributed by atoms with Crippen LogP contribution in [0.4, 0.5) is 5.69 Å². The molecule has 0 unspecified atom stereocenters. The predicted molar refractivity (Wildman–Crippen MR) is 79.2 cm³/mol. The van der Waals surface area contributed by atoms with Crippen molar-refractivity contribution in [1.82, 2.24) is 5.48 Å². The topological polar surface area (TPSA) is 64.4 Å². The van der Waals surface area contributed by atoms with Crippen molar-refractivity contribution in [1.29, 1.82) is 0 Å². The molecule has 0 spiro atoms. The second-order valence-electron chi connectivity index (χ2n) is 5.24. The number of nitrogens with two attached hydrogens (primary N) is 1. The molecular formula is C16H18N2O2. The summed E-state index contributed by atoms with van der Waals surface area (Å²) in [6, 6.07) is 11.4. The lowest BCUT2D eigenvalue weighted by Crippen LogP contribution is -2.28. The summed E-state index contributed by atoms with van der Waals surface area (Å²) in [4.78, 5) is 17.6. The van der Waals surface area contributed by atoms with E-state index in [9.17, 15) is 4.79 Å². The Balaban J connectivity index is 1.77. The van der Waals surface area contributed by atoms with Crippen molar-refractivity contribution in [2.75, 3.05) is 5.73 Å². The van der Waals surface area contributed by atoms with Gasteiger partial charge in [-0.15, -0.1) is 0 Å². The Labute approximate surface area is 117 Å². The number of rotatable bonds is 3. The minimum absolute atomic E-state index is 0.139. The Kier molecular flexibility index (Phi) is 3.56. The van der Waals surface area contributed by atoms with E-state index in [-0.39, 0.29) is 12.0 Å². The molecule has 4 heteroatoms. The Morgan fingerprint density at radius 2 is 1.80 bits per heavy atom. The van der Waals surface area contributed by atoms with Gasteiger partial charge in [-0.25, -0.2) is 5.48 Å². The lowest BCUT2D eigenvalue weighted by Gasteiger charge is -2.13. The number of carbonyl (C=O) groups is 1. The fourth-order valence-corrected chi connectivity index (χ4v) is 2.65. The second-order valence-corrected chi connectivity index (χ2v) is 5.24. The minimum Gasteiger partial charge on any atom is -0.398 e. The first-order chi connectivity index (χ1) is 9.74. The summed E-state index contributed by atoms with van der Waals surface area (Å²) in [6.45, 7) is 0. The zero-order chi connectivity index (χ0) is 13.9. The lowest BCUT2D eigenvalue weighted by atomic mass is 10.0. The third kappa shape index (κ3) is 2.60. The van der Waals surface area contributed by atoms with Gasteiger partial charge in [0.05, 0.1) is 11.7 Å². The molecular weight excluding hydrogens is 252 g/mol. The number of nitrogens with one attached hydrogen (secondary N) is 1. The fourth-order valence-electron chi connectivity index (χ4n) is 2.65. The quantitative estimate of drug-likeness (QED) is 0.665. The van der Waals surface area contributed by atoms with E-state index < -0.39 is 0 Å². The average molecular weight is 270 g/mol. The van der Waals surface area contributed by atoms with Gasteiger partial charge in [-0.2, -0.15) is 0 Å². The van der Waals surface area contributed by atoms with Crippen LogP contribution in [0.5, 0.6) is 0 Å². The zero-order valence-electron chi connectivity index (χ0n) is 11.3. The van der Waals surface area contributed by atoms with Crippen LogP contribution in [0, 0.1) is 0 Å². The van der Waals surface area contributed by atoms with Gasteiger partial charge in [-0.05, 0) is 35.7 Å². The van der Waals surface area contributed by atoms with Crippen molar-refractivity contribution in [3.05, 3.63) is 42.0 Å². The number of hydrogen-bond donors (Lipinski definition) is 2. The largest absolute Gasteiger partial charge is 0.398 e. The molecule has 0 saturated heterocycles. The average Bonchev–Trinajstić information content (AvgIpc) is 2.97. The molecule has 2 aromatic carbocycles.